The van der Waals surface area contributed by atoms with E-state index in [-0.39, 0.29) is 0 Å². The third-order valence-electron chi connectivity index (χ3n) is 3.18. The summed E-state index contributed by atoms with van der Waals surface area (Å²) < 4.78 is 5.57. The Hall–Kier alpha value is -1.02. The highest BCUT2D eigenvalue weighted by atomic mass is 16.5. The molecule has 1 fully saturated rings. The van der Waals surface area contributed by atoms with Gasteiger partial charge in [-0.3, -0.25) is 0 Å². The Labute approximate surface area is 84.3 Å². The molecule has 0 amide bonds. The van der Waals surface area contributed by atoms with Gasteiger partial charge in [0.05, 0.1) is 6.61 Å². The van der Waals surface area contributed by atoms with Gasteiger partial charge in [0.2, 0.25) is 0 Å². The highest BCUT2D eigenvalue weighted by Gasteiger charge is 2.19. The van der Waals surface area contributed by atoms with Crippen molar-refractivity contribution in [3.05, 3.63) is 29.3 Å². The van der Waals surface area contributed by atoms with Crippen molar-refractivity contribution >= 4 is 0 Å². The number of hydrogen-bond donors (Lipinski definition) is 1. The van der Waals surface area contributed by atoms with Crippen LogP contribution in [0, 0.1) is 0 Å². The lowest BCUT2D eigenvalue weighted by Gasteiger charge is -2.11. The van der Waals surface area contributed by atoms with Crippen LogP contribution in [0.3, 0.4) is 0 Å². The molecule has 0 saturated carbocycles. The van der Waals surface area contributed by atoms with Gasteiger partial charge in [0.15, 0.2) is 0 Å². The number of rotatable bonds is 1. The van der Waals surface area contributed by atoms with E-state index in [1.165, 1.54) is 24.0 Å². The van der Waals surface area contributed by atoms with Crippen LogP contribution in [0.5, 0.6) is 5.75 Å². The van der Waals surface area contributed by atoms with Gasteiger partial charge >= 0.3 is 0 Å². The Balaban J connectivity index is 1.91. The Morgan fingerprint density at radius 1 is 1.36 bits per heavy atom. The molecule has 74 valence electrons. The zero-order chi connectivity index (χ0) is 9.38. The van der Waals surface area contributed by atoms with E-state index in [4.69, 9.17) is 4.74 Å². The molecule has 2 aliphatic rings. The number of fused-ring (bicyclic) bond motifs is 1. The molecule has 1 saturated heterocycles. The van der Waals surface area contributed by atoms with Gasteiger partial charge < -0.3 is 10.1 Å². The lowest BCUT2D eigenvalue weighted by molar-refractivity contribution is 0.356. The summed E-state index contributed by atoms with van der Waals surface area (Å²) >= 11 is 0. The van der Waals surface area contributed by atoms with Crippen LogP contribution < -0.4 is 10.1 Å². The van der Waals surface area contributed by atoms with Crippen LogP contribution in [0.25, 0.3) is 0 Å². The van der Waals surface area contributed by atoms with E-state index in [0.29, 0.717) is 6.04 Å². The maximum absolute atomic E-state index is 5.57. The quantitative estimate of drug-likeness (QED) is 0.730. The van der Waals surface area contributed by atoms with E-state index in [1.807, 2.05) is 0 Å². The second-order valence-corrected chi connectivity index (χ2v) is 4.11. The van der Waals surface area contributed by atoms with Crippen molar-refractivity contribution in [2.24, 2.45) is 0 Å². The Bertz CT molecular complexity index is 342. The molecule has 3 rings (SSSR count). The topological polar surface area (TPSA) is 21.3 Å². The summed E-state index contributed by atoms with van der Waals surface area (Å²) in [6.45, 7) is 2.01. The maximum atomic E-state index is 5.57. The van der Waals surface area contributed by atoms with Gasteiger partial charge in [0.1, 0.15) is 5.75 Å². The molecule has 1 unspecified atom stereocenters. The van der Waals surface area contributed by atoms with Crippen LogP contribution in [-0.4, -0.2) is 13.2 Å². The summed E-state index contributed by atoms with van der Waals surface area (Å²) in [5.41, 5.74) is 2.76. The summed E-state index contributed by atoms with van der Waals surface area (Å²) in [5, 5.41) is 3.51. The van der Waals surface area contributed by atoms with Gasteiger partial charge in [-0.05, 0) is 36.6 Å². The SMILES string of the molecule is c1cc2c(cc1C1CCCN1)OCC2. The fourth-order valence-electron chi connectivity index (χ4n) is 2.37. The molecule has 1 aromatic rings. The Morgan fingerprint density at radius 3 is 3.21 bits per heavy atom. The van der Waals surface area contributed by atoms with Gasteiger partial charge in [-0.25, -0.2) is 0 Å². The first kappa shape index (κ1) is 8.30. The van der Waals surface area contributed by atoms with Crippen molar-refractivity contribution in [2.75, 3.05) is 13.2 Å². The summed E-state index contributed by atoms with van der Waals surface area (Å²) in [5.74, 6) is 1.11. The first-order valence-corrected chi connectivity index (χ1v) is 5.42. The van der Waals surface area contributed by atoms with Crippen molar-refractivity contribution in [2.45, 2.75) is 25.3 Å². The fraction of sp³-hybridized carbons (Fsp3) is 0.500. The van der Waals surface area contributed by atoms with E-state index in [0.717, 1.165) is 25.3 Å². The van der Waals surface area contributed by atoms with Gasteiger partial charge in [-0.1, -0.05) is 12.1 Å². The maximum Gasteiger partial charge on any atom is 0.122 e. The summed E-state index contributed by atoms with van der Waals surface area (Å²) in [4.78, 5) is 0. The molecule has 1 N–H and O–H groups in total. The molecule has 0 aliphatic carbocycles. The zero-order valence-electron chi connectivity index (χ0n) is 8.25. The lowest BCUT2D eigenvalue weighted by Crippen LogP contribution is -2.12. The molecule has 2 heterocycles. The van der Waals surface area contributed by atoms with Crippen LogP contribution in [-0.2, 0) is 6.42 Å². The van der Waals surface area contributed by atoms with Crippen LogP contribution in [0.4, 0.5) is 0 Å². The predicted molar refractivity (Wildman–Crippen MR) is 55.6 cm³/mol. The zero-order valence-corrected chi connectivity index (χ0v) is 8.25. The van der Waals surface area contributed by atoms with Gasteiger partial charge in [-0.15, -0.1) is 0 Å². The molecule has 2 nitrogen and oxygen atoms in total. The van der Waals surface area contributed by atoms with E-state index >= 15 is 0 Å². The van der Waals surface area contributed by atoms with Crippen molar-refractivity contribution in [1.29, 1.82) is 0 Å². The average molecular weight is 189 g/mol. The van der Waals surface area contributed by atoms with Gasteiger partial charge in [-0.2, -0.15) is 0 Å². The third-order valence-corrected chi connectivity index (χ3v) is 3.18. The highest BCUT2D eigenvalue weighted by molar-refractivity contribution is 5.41. The van der Waals surface area contributed by atoms with Crippen LogP contribution in [0.2, 0.25) is 0 Å². The minimum Gasteiger partial charge on any atom is -0.493 e. The first-order chi connectivity index (χ1) is 6.93. The monoisotopic (exact) mass is 189 g/mol. The molecule has 1 atom stereocenters. The van der Waals surface area contributed by atoms with Crippen LogP contribution in [0.15, 0.2) is 18.2 Å². The van der Waals surface area contributed by atoms with E-state index in [1.54, 1.807) is 0 Å². The minimum absolute atomic E-state index is 0.560. The first-order valence-electron chi connectivity index (χ1n) is 5.42. The average Bonchev–Trinajstić information content (AvgIpc) is 2.88. The largest absolute Gasteiger partial charge is 0.493 e. The molecule has 1 aromatic carbocycles. The van der Waals surface area contributed by atoms with Crippen molar-refractivity contribution < 1.29 is 4.74 Å². The lowest BCUT2D eigenvalue weighted by atomic mass is 10.0. The number of benzene rings is 1. The van der Waals surface area contributed by atoms with Crippen molar-refractivity contribution in [1.82, 2.24) is 5.32 Å². The Kier molecular flexibility index (Phi) is 1.95. The van der Waals surface area contributed by atoms with E-state index < -0.39 is 0 Å². The van der Waals surface area contributed by atoms with Crippen LogP contribution >= 0.6 is 0 Å². The molecular weight excluding hydrogens is 174 g/mol. The number of hydrogen-bond acceptors (Lipinski definition) is 2. The fourth-order valence-corrected chi connectivity index (χ4v) is 2.37. The standard InChI is InChI=1S/C12H15NO/c1-2-11(13-6-1)10-4-3-9-5-7-14-12(9)8-10/h3-4,8,11,13H,1-2,5-7H2. The molecule has 2 heteroatoms. The molecule has 0 bridgehead atoms. The Morgan fingerprint density at radius 2 is 2.36 bits per heavy atom. The van der Waals surface area contributed by atoms with Crippen molar-refractivity contribution in [3.8, 4) is 5.75 Å². The smallest absolute Gasteiger partial charge is 0.122 e. The molecule has 0 radical (unpaired) electrons. The summed E-state index contributed by atoms with van der Waals surface area (Å²) in [6, 6.07) is 7.24. The number of ether oxygens (including phenoxy) is 1. The highest BCUT2D eigenvalue weighted by Crippen LogP contribution is 2.31. The normalized spacial score (nSPS) is 24.7. The summed E-state index contributed by atoms with van der Waals surface area (Å²) in [6.07, 6.45) is 3.63. The van der Waals surface area contributed by atoms with Gasteiger partial charge in [0.25, 0.3) is 0 Å². The second-order valence-electron chi connectivity index (χ2n) is 4.11. The summed E-state index contributed by atoms with van der Waals surface area (Å²) in [7, 11) is 0. The second kappa shape index (κ2) is 3.28. The van der Waals surface area contributed by atoms with Crippen LogP contribution in [0.1, 0.15) is 30.0 Å². The molecular formula is C12H15NO. The number of nitrogens with one attached hydrogen (secondary N) is 1. The molecule has 2 aliphatic heterocycles. The molecule has 14 heavy (non-hydrogen) atoms. The minimum atomic E-state index is 0.560. The van der Waals surface area contributed by atoms with E-state index in [2.05, 4.69) is 23.5 Å². The molecule has 0 spiro atoms. The predicted octanol–water partition coefficient (Wildman–Crippen LogP) is 2.05. The van der Waals surface area contributed by atoms with Crippen molar-refractivity contribution in [3.63, 3.8) is 0 Å². The molecule has 0 aromatic heterocycles. The van der Waals surface area contributed by atoms with E-state index in [9.17, 15) is 0 Å². The third kappa shape index (κ3) is 1.30. The van der Waals surface area contributed by atoms with Gasteiger partial charge in [0, 0.05) is 12.5 Å².